The summed E-state index contributed by atoms with van der Waals surface area (Å²) >= 11 is -1.05. The van der Waals surface area contributed by atoms with Gasteiger partial charge in [0.1, 0.15) is 6.26 Å². The van der Waals surface area contributed by atoms with Crippen molar-refractivity contribution in [2.24, 2.45) is 0 Å². The normalized spacial score (nSPS) is 12.0. The molecule has 23 heavy (non-hydrogen) atoms. The van der Waals surface area contributed by atoms with Gasteiger partial charge >= 0.3 is 0 Å². The van der Waals surface area contributed by atoms with Gasteiger partial charge in [-0.15, -0.1) is 0 Å². The summed E-state index contributed by atoms with van der Waals surface area (Å²) in [5.41, 5.74) is 3.89. The second kappa shape index (κ2) is 6.86. The molecule has 0 fully saturated rings. The van der Waals surface area contributed by atoms with Crippen molar-refractivity contribution < 1.29 is 4.55 Å². The highest BCUT2D eigenvalue weighted by molar-refractivity contribution is 7.90. The first kappa shape index (κ1) is 15.6. The van der Waals surface area contributed by atoms with Gasteiger partial charge in [0.2, 0.25) is 0 Å². The van der Waals surface area contributed by atoms with Gasteiger partial charge in [0.05, 0.1) is 11.3 Å². The van der Waals surface area contributed by atoms with Crippen LogP contribution in [0.25, 0.3) is 11.3 Å². The first-order valence-electron chi connectivity index (χ1n) is 7.34. The Labute approximate surface area is 139 Å². The minimum absolute atomic E-state index is 0.805. The van der Waals surface area contributed by atoms with Gasteiger partial charge in [0, 0.05) is 24.6 Å². The number of benzene rings is 2. The Balaban J connectivity index is 2.01. The zero-order valence-electron chi connectivity index (χ0n) is 13.1. The summed E-state index contributed by atoms with van der Waals surface area (Å²) in [5, 5.41) is 0. The fraction of sp³-hybridized carbons (Fsp3) is 0.105. The molecule has 3 rings (SSSR count). The predicted octanol–water partition coefficient (Wildman–Crippen LogP) is 4.25. The van der Waals surface area contributed by atoms with Gasteiger partial charge in [-0.25, -0.2) is 0 Å². The maximum atomic E-state index is 12.0. The third-order valence-corrected chi connectivity index (χ3v) is 4.72. The minimum Gasteiger partial charge on any atom is -0.612 e. The van der Waals surface area contributed by atoms with Crippen molar-refractivity contribution in [1.82, 2.24) is 4.98 Å². The van der Waals surface area contributed by atoms with Crippen molar-refractivity contribution in [2.75, 3.05) is 18.2 Å². The summed E-state index contributed by atoms with van der Waals surface area (Å²) < 4.78 is 12.0. The van der Waals surface area contributed by atoms with E-state index in [0.29, 0.717) is 0 Å². The topological polar surface area (TPSA) is 39.2 Å². The van der Waals surface area contributed by atoms with E-state index >= 15 is 0 Å². The molecule has 0 saturated heterocycles. The predicted molar refractivity (Wildman–Crippen MR) is 96.5 cm³/mol. The Morgan fingerprint density at radius 3 is 2.35 bits per heavy atom. The van der Waals surface area contributed by atoms with E-state index in [2.05, 4.69) is 22.0 Å². The number of hydrogen-bond acceptors (Lipinski definition) is 3. The summed E-state index contributed by atoms with van der Waals surface area (Å²) in [7, 11) is 2.03. The summed E-state index contributed by atoms with van der Waals surface area (Å²) in [6.45, 7) is 0. The van der Waals surface area contributed by atoms with Gasteiger partial charge < -0.3 is 9.45 Å². The molecule has 0 saturated carbocycles. The van der Waals surface area contributed by atoms with Crippen LogP contribution >= 0.6 is 0 Å². The van der Waals surface area contributed by atoms with Crippen molar-refractivity contribution in [1.29, 1.82) is 0 Å². The third kappa shape index (κ3) is 3.38. The highest BCUT2D eigenvalue weighted by Crippen LogP contribution is 2.30. The molecule has 116 valence electrons. The summed E-state index contributed by atoms with van der Waals surface area (Å²) in [4.78, 5) is 7.38. The second-order valence-corrected chi connectivity index (χ2v) is 6.59. The van der Waals surface area contributed by atoms with Crippen LogP contribution in [-0.4, -0.2) is 22.8 Å². The Bertz CT molecular complexity index is 790. The maximum absolute atomic E-state index is 12.0. The number of pyridine rings is 1. The molecule has 2 aromatic carbocycles. The van der Waals surface area contributed by atoms with Crippen LogP contribution in [0.2, 0.25) is 0 Å². The molecule has 0 amide bonds. The molecule has 0 N–H and O–H groups in total. The fourth-order valence-corrected chi connectivity index (χ4v) is 3.26. The molecule has 1 aromatic heterocycles. The maximum Gasteiger partial charge on any atom is 0.161 e. The molecule has 0 radical (unpaired) electrons. The van der Waals surface area contributed by atoms with E-state index < -0.39 is 11.2 Å². The molecule has 0 bridgehead atoms. The average Bonchev–Trinajstić information content (AvgIpc) is 2.62. The molecule has 1 unspecified atom stereocenters. The number of anilines is 2. The molecular weight excluding hydrogens is 304 g/mol. The largest absolute Gasteiger partial charge is 0.612 e. The lowest BCUT2D eigenvalue weighted by Crippen LogP contribution is -2.09. The van der Waals surface area contributed by atoms with Crippen LogP contribution in [0.4, 0.5) is 11.4 Å². The standard InChI is InChI=1S/C19H18N2OS/c1-21(15-8-4-3-5-9-15)16-12-13-20-18(14-16)17-10-6-7-11-19(17)23(2)22/h3-14H,1-2H3. The first-order valence-corrected chi connectivity index (χ1v) is 8.90. The Morgan fingerprint density at radius 2 is 1.61 bits per heavy atom. The van der Waals surface area contributed by atoms with E-state index in [9.17, 15) is 4.55 Å². The molecule has 3 nitrogen and oxygen atoms in total. The van der Waals surface area contributed by atoms with Gasteiger partial charge in [0.25, 0.3) is 0 Å². The van der Waals surface area contributed by atoms with E-state index in [1.165, 1.54) is 0 Å². The molecule has 4 heteroatoms. The molecule has 1 atom stereocenters. The van der Waals surface area contributed by atoms with Crippen LogP contribution in [0, 0.1) is 0 Å². The van der Waals surface area contributed by atoms with E-state index in [-0.39, 0.29) is 0 Å². The number of para-hydroxylation sites is 1. The first-order chi connectivity index (χ1) is 11.2. The summed E-state index contributed by atoms with van der Waals surface area (Å²) in [6, 6.07) is 21.9. The molecule has 0 spiro atoms. The molecule has 1 heterocycles. The Hall–Kier alpha value is -2.30. The van der Waals surface area contributed by atoms with Gasteiger partial charge in [-0.1, -0.05) is 30.3 Å². The molecule has 0 aliphatic carbocycles. The van der Waals surface area contributed by atoms with Crippen molar-refractivity contribution in [3.63, 3.8) is 0 Å². The fourth-order valence-electron chi connectivity index (χ4n) is 2.50. The smallest absolute Gasteiger partial charge is 0.161 e. The third-order valence-electron chi connectivity index (χ3n) is 3.75. The van der Waals surface area contributed by atoms with E-state index in [0.717, 1.165) is 27.5 Å². The van der Waals surface area contributed by atoms with Crippen LogP contribution in [0.3, 0.4) is 0 Å². The van der Waals surface area contributed by atoms with Crippen LogP contribution in [-0.2, 0) is 11.2 Å². The van der Waals surface area contributed by atoms with E-state index in [1.807, 2.05) is 61.6 Å². The lowest BCUT2D eigenvalue weighted by Gasteiger charge is -2.20. The number of nitrogens with zero attached hydrogens (tertiary/aromatic N) is 2. The van der Waals surface area contributed by atoms with Crippen molar-refractivity contribution in [2.45, 2.75) is 4.90 Å². The quantitative estimate of drug-likeness (QED) is 0.674. The van der Waals surface area contributed by atoms with Crippen molar-refractivity contribution >= 4 is 22.6 Å². The van der Waals surface area contributed by atoms with E-state index in [4.69, 9.17) is 0 Å². The summed E-state index contributed by atoms with van der Waals surface area (Å²) in [6.07, 6.45) is 3.48. The molecular formula is C19H18N2OS. The molecule has 3 aromatic rings. The summed E-state index contributed by atoms with van der Waals surface area (Å²) in [5.74, 6) is 0. The van der Waals surface area contributed by atoms with Gasteiger partial charge in [0.15, 0.2) is 4.90 Å². The molecule has 0 aliphatic rings. The second-order valence-electron chi connectivity index (χ2n) is 5.24. The van der Waals surface area contributed by atoms with E-state index in [1.54, 1.807) is 12.5 Å². The zero-order valence-corrected chi connectivity index (χ0v) is 14.0. The number of rotatable bonds is 4. The monoisotopic (exact) mass is 322 g/mol. The van der Waals surface area contributed by atoms with Crippen molar-refractivity contribution in [3.05, 3.63) is 72.9 Å². The van der Waals surface area contributed by atoms with Crippen LogP contribution in [0.15, 0.2) is 77.8 Å². The average molecular weight is 322 g/mol. The molecule has 0 aliphatic heterocycles. The number of aromatic nitrogens is 1. The van der Waals surface area contributed by atoms with Crippen molar-refractivity contribution in [3.8, 4) is 11.3 Å². The lowest BCUT2D eigenvalue weighted by atomic mass is 10.1. The number of hydrogen-bond donors (Lipinski definition) is 0. The Kier molecular flexibility index (Phi) is 4.65. The van der Waals surface area contributed by atoms with Gasteiger partial charge in [-0.3, -0.25) is 4.98 Å². The highest BCUT2D eigenvalue weighted by Gasteiger charge is 2.14. The van der Waals surface area contributed by atoms with Crippen LogP contribution in [0.5, 0.6) is 0 Å². The van der Waals surface area contributed by atoms with Crippen LogP contribution in [0.1, 0.15) is 0 Å². The highest BCUT2D eigenvalue weighted by atomic mass is 32.2. The minimum atomic E-state index is -1.05. The van der Waals surface area contributed by atoms with Crippen LogP contribution < -0.4 is 4.90 Å². The zero-order chi connectivity index (χ0) is 16.2. The van der Waals surface area contributed by atoms with Gasteiger partial charge in [-0.2, -0.15) is 0 Å². The Morgan fingerprint density at radius 1 is 0.913 bits per heavy atom. The lowest BCUT2D eigenvalue weighted by molar-refractivity contribution is 0.601. The SMILES string of the molecule is CN(c1ccccc1)c1ccnc(-c2ccccc2[S+](C)[O-])c1. The van der Waals surface area contributed by atoms with Gasteiger partial charge in [-0.05, 0) is 47.6 Å².